The molecule has 3 aromatic heterocycles. The van der Waals surface area contributed by atoms with E-state index in [0.717, 1.165) is 43.1 Å². The number of morpholine rings is 1. The summed E-state index contributed by atoms with van der Waals surface area (Å²) < 4.78 is 10.8. The minimum absolute atomic E-state index is 0.103. The molecule has 10 nitrogen and oxygen atoms in total. The first kappa shape index (κ1) is 20.7. The van der Waals surface area contributed by atoms with Crippen molar-refractivity contribution in [1.82, 2.24) is 19.9 Å². The van der Waals surface area contributed by atoms with E-state index >= 15 is 0 Å². The number of nitrogens with two attached hydrogens (primary N) is 1. The number of nitrogens with zero attached hydrogens (tertiary/aromatic N) is 4. The molecule has 0 saturated carbocycles. The van der Waals surface area contributed by atoms with Crippen LogP contribution in [-0.4, -0.2) is 53.3 Å². The average Bonchev–Trinajstić information content (AvgIpc) is 2.85. The van der Waals surface area contributed by atoms with Crippen LogP contribution in [0.2, 0.25) is 0 Å². The number of benzene rings is 1. The van der Waals surface area contributed by atoms with E-state index in [4.69, 9.17) is 20.2 Å². The van der Waals surface area contributed by atoms with Gasteiger partial charge in [-0.25, -0.2) is 9.97 Å². The molecule has 1 fully saturated rings. The summed E-state index contributed by atoms with van der Waals surface area (Å²) in [7, 11) is 1.51. The second-order valence-electron chi connectivity index (χ2n) is 7.55. The molecule has 0 unspecified atom stereocenters. The molecule has 0 radical (unpaired) electrons. The maximum atomic E-state index is 12.6. The summed E-state index contributed by atoms with van der Waals surface area (Å²) in [5.41, 5.74) is 8.51. The molecular weight excluding hydrogens is 422 g/mol. The number of fused-ring (bicyclic) bond motifs is 1. The van der Waals surface area contributed by atoms with Gasteiger partial charge in [0.05, 0.1) is 37.0 Å². The molecule has 0 amide bonds. The van der Waals surface area contributed by atoms with Crippen LogP contribution in [0.5, 0.6) is 5.88 Å². The van der Waals surface area contributed by atoms with Crippen LogP contribution in [0.4, 0.5) is 23.1 Å². The summed E-state index contributed by atoms with van der Waals surface area (Å²) in [6.07, 6.45) is 3.16. The molecule has 1 aromatic carbocycles. The fraction of sp³-hybridized carbons (Fsp3) is 0.217. The molecule has 1 saturated heterocycles. The summed E-state index contributed by atoms with van der Waals surface area (Å²) in [4.78, 5) is 30.6. The fourth-order valence-electron chi connectivity index (χ4n) is 3.87. The number of ether oxygens (including phenoxy) is 2. The van der Waals surface area contributed by atoms with Crippen molar-refractivity contribution in [2.75, 3.05) is 49.4 Å². The lowest BCUT2D eigenvalue weighted by Crippen LogP contribution is -2.36. The van der Waals surface area contributed by atoms with Gasteiger partial charge in [-0.15, -0.1) is 0 Å². The first-order valence-corrected chi connectivity index (χ1v) is 10.5. The van der Waals surface area contributed by atoms with Crippen molar-refractivity contribution in [3.63, 3.8) is 0 Å². The number of hydrogen-bond acceptors (Lipinski definition) is 9. The van der Waals surface area contributed by atoms with E-state index in [-0.39, 0.29) is 11.5 Å². The van der Waals surface area contributed by atoms with Gasteiger partial charge in [-0.2, -0.15) is 4.98 Å². The molecule has 4 heterocycles. The van der Waals surface area contributed by atoms with Crippen LogP contribution in [0.25, 0.3) is 22.0 Å². The van der Waals surface area contributed by atoms with Gasteiger partial charge < -0.3 is 30.4 Å². The molecule has 1 aliphatic rings. The number of rotatable bonds is 5. The number of H-pyrrole nitrogens is 1. The Labute approximate surface area is 189 Å². The Balaban J connectivity index is 1.55. The predicted molar refractivity (Wildman–Crippen MR) is 127 cm³/mol. The number of hydrogen-bond donors (Lipinski definition) is 3. The van der Waals surface area contributed by atoms with E-state index in [1.165, 1.54) is 7.11 Å². The van der Waals surface area contributed by atoms with E-state index in [1.807, 2.05) is 30.3 Å². The van der Waals surface area contributed by atoms with Crippen LogP contribution in [0.1, 0.15) is 0 Å². The number of nitrogens with one attached hydrogen (secondary N) is 2. The van der Waals surface area contributed by atoms with E-state index < -0.39 is 0 Å². The maximum Gasteiger partial charge on any atom is 0.259 e. The van der Waals surface area contributed by atoms with Gasteiger partial charge in [0.2, 0.25) is 11.8 Å². The second kappa shape index (κ2) is 8.75. The van der Waals surface area contributed by atoms with Crippen molar-refractivity contribution >= 4 is 33.9 Å². The van der Waals surface area contributed by atoms with E-state index in [2.05, 4.69) is 25.2 Å². The summed E-state index contributed by atoms with van der Waals surface area (Å²) in [6.45, 7) is 3.18. The molecule has 4 aromatic rings. The SMILES string of the molecule is COc1nc(N)ncc1-c1cc2cc[nH]c(=O)c2c(Nc2ccc(N3CCOCC3)cc2)n1. The summed E-state index contributed by atoms with van der Waals surface area (Å²) in [5.74, 6) is 0.828. The van der Waals surface area contributed by atoms with Crippen LogP contribution in [0, 0.1) is 0 Å². The van der Waals surface area contributed by atoms with Crippen molar-refractivity contribution in [2.45, 2.75) is 0 Å². The molecule has 5 rings (SSSR count). The Morgan fingerprint density at radius 3 is 2.70 bits per heavy atom. The molecule has 4 N–H and O–H groups in total. The van der Waals surface area contributed by atoms with Crippen molar-refractivity contribution < 1.29 is 9.47 Å². The Kier molecular flexibility index (Phi) is 5.49. The highest BCUT2D eigenvalue weighted by molar-refractivity contribution is 5.95. The normalized spacial score (nSPS) is 13.8. The van der Waals surface area contributed by atoms with Crippen molar-refractivity contribution in [3.05, 3.63) is 59.1 Å². The third kappa shape index (κ3) is 4.15. The number of nitrogen functional groups attached to an aromatic ring is 1. The standard InChI is InChI=1S/C23H23N7O3/c1-32-22-17(13-26-23(24)29-22)18-12-14-6-7-25-21(31)19(14)20(28-18)27-15-2-4-16(5-3-15)30-8-10-33-11-9-30/h2-7,12-13H,8-11H2,1H3,(H,25,31)(H,27,28)(H2,24,26,29). The molecule has 10 heteroatoms. The largest absolute Gasteiger partial charge is 0.480 e. The minimum Gasteiger partial charge on any atom is -0.480 e. The predicted octanol–water partition coefficient (Wildman–Crippen LogP) is 2.55. The number of aromatic nitrogens is 4. The Hall–Kier alpha value is -4.18. The van der Waals surface area contributed by atoms with Crippen LogP contribution >= 0.6 is 0 Å². The van der Waals surface area contributed by atoms with Gasteiger partial charge in [-0.1, -0.05) is 0 Å². The molecule has 1 aliphatic heterocycles. The lowest BCUT2D eigenvalue weighted by atomic mass is 10.1. The Bertz CT molecular complexity index is 1350. The van der Waals surface area contributed by atoms with Gasteiger partial charge in [0, 0.05) is 36.9 Å². The molecule has 0 bridgehead atoms. The molecule has 168 valence electrons. The topological polar surface area (TPSA) is 131 Å². The highest BCUT2D eigenvalue weighted by atomic mass is 16.5. The zero-order valence-corrected chi connectivity index (χ0v) is 18.0. The maximum absolute atomic E-state index is 12.6. The van der Waals surface area contributed by atoms with Gasteiger partial charge in [0.25, 0.3) is 5.56 Å². The molecule has 0 spiro atoms. The van der Waals surface area contributed by atoms with Crippen LogP contribution in [0.15, 0.2) is 53.6 Å². The van der Waals surface area contributed by atoms with Crippen LogP contribution < -0.4 is 26.2 Å². The van der Waals surface area contributed by atoms with Gasteiger partial charge >= 0.3 is 0 Å². The summed E-state index contributed by atoms with van der Waals surface area (Å²) in [5, 5.41) is 4.47. The second-order valence-corrected chi connectivity index (χ2v) is 7.55. The first-order chi connectivity index (χ1) is 16.1. The van der Waals surface area contributed by atoms with E-state index in [1.54, 1.807) is 18.5 Å². The molecule has 0 atom stereocenters. The third-order valence-corrected chi connectivity index (χ3v) is 5.50. The minimum atomic E-state index is -0.237. The molecular formula is C23H23N7O3. The van der Waals surface area contributed by atoms with E-state index in [0.29, 0.717) is 28.3 Å². The zero-order valence-electron chi connectivity index (χ0n) is 18.0. The van der Waals surface area contributed by atoms with E-state index in [9.17, 15) is 4.79 Å². The summed E-state index contributed by atoms with van der Waals surface area (Å²) in [6, 6.07) is 11.6. The summed E-state index contributed by atoms with van der Waals surface area (Å²) >= 11 is 0. The number of pyridine rings is 2. The number of aromatic amines is 1. The fourth-order valence-corrected chi connectivity index (χ4v) is 3.87. The van der Waals surface area contributed by atoms with Crippen LogP contribution in [-0.2, 0) is 4.74 Å². The number of methoxy groups -OCH3 is 1. The highest BCUT2D eigenvalue weighted by Gasteiger charge is 2.16. The smallest absolute Gasteiger partial charge is 0.259 e. The zero-order chi connectivity index (χ0) is 22.8. The molecule has 0 aliphatic carbocycles. The van der Waals surface area contributed by atoms with Gasteiger partial charge in [-0.3, -0.25) is 4.79 Å². The Morgan fingerprint density at radius 1 is 1.15 bits per heavy atom. The quantitative estimate of drug-likeness (QED) is 0.424. The van der Waals surface area contributed by atoms with Crippen LogP contribution in [0.3, 0.4) is 0 Å². The molecule has 33 heavy (non-hydrogen) atoms. The lowest BCUT2D eigenvalue weighted by molar-refractivity contribution is 0.122. The highest BCUT2D eigenvalue weighted by Crippen LogP contribution is 2.32. The van der Waals surface area contributed by atoms with Crippen molar-refractivity contribution in [3.8, 4) is 17.1 Å². The van der Waals surface area contributed by atoms with Gasteiger partial charge in [0.1, 0.15) is 5.82 Å². The van der Waals surface area contributed by atoms with Gasteiger partial charge in [-0.05, 0) is 41.8 Å². The van der Waals surface area contributed by atoms with Gasteiger partial charge in [0.15, 0.2) is 0 Å². The lowest BCUT2D eigenvalue weighted by Gasteiger charge is -2.28. The average molecular weight is 445 g/mol. The first-order valence-electron chi connectivity index (χ1n) is 10.5. The van der Waals surface area contributed by atoms with Crippen molar-refractivity contribution in [1.29, 1.82) is 0 Å². The third-order valence-electron chi connectivity index (χ3n) is 5.50. The number of anilines is 4. The Morgan fingerprint density at radius 2 is 1.94 bits per heavy atom. The monoisotopic (exact) mass is 445 g/mol. The van der Waals surface area contributed by atoms with Crippen molar-refractivity contribution in [2.24, 2.45) is 0 Å².